The molecule has 1 fully saturated rings. The number of nitrogens with one attached hydrogen (secondary N) is 1. The lowest BCUT2D eigenvalue weighted by Crippen LogP contribution is -2.46. The largest absolute Gasteiger partial charge is 0.355 e. The van der Waals surface area contributed by atoms with E-state index in [1.54, 1.807) is 0 Å². The van der Waals surface area contributed by atoms with Gasteiger partial charge in [-0.3, -0.25) is 9.59 Å². The minimum Gasteiger partial charge on any atom is -0.355 e. The highest BCUT2D eigenvalue weighted by molar-refractivity contribution is 5.81. The number of aryl methyl sites for hydroxylation is 2. The number of rotatable bonds is 6. The molecule has 1 heterocycles. The summed E-state index contributed by atoms with van der Waals surface area (Å²) in [5, 5.41) is 2.82. The first kappa shape index (κ1) is 17.5. The molecule has 1 aliphatic rings. The summed E-state index contributed by atoms with van der Waals surface area (Å²) in [6, 6.07) is 8.15. The Morgan fingerprint density at radius 1 is 1.35 bits per heavy atom. The van der Waals surface area contributed by atoms with Gasteiger partial charge in [-0.2, -0.15) is 0 Å². The monoisotopic (exact) mass is 317 g/mol. The summed E-state index contributed by atoms with van der Waals surface area (Å²) < 4.78 is 0. The van der Waals surface area contributed by atoms with Gasteiger partial charge in [0, 0.05) is 32.6 Å². The minimum absolute atomic E-state index is 0.0202. The second-order valence-corrected chi connectivity index (χ2v) is 6.19. The van der Waals surface area contributed by atoms with Crippen molar-refractivity contribution in [1.29, 1.82) is 0 Å². The second-order valence-electron chi connectivity index (χ2n) is 6.19. The molecule has 5 heteroatoms. The van der Waals surface area contributed by atoms with Gasteiger partial charge in [0.15, 0.2) is 0 Å². The van der Waals surface area contributed by atoms with Gasteiger partial charge in [0.25, 0.3) is 0 Å². The zero-order chi connectivity index (χ0) is 16.7. The maximum Gasteiger partial charge on any atom is 0.224 e. The Balaban J connectivity index is 1.84. The first-order valence-corrected chi connectivity index (χ1v) is 8.42. The van der Waals surface area contributed by atoms with E-state index in [0.717, 1.165) is 25.8 Å². The highest BCUT2D eigenvalue weighted by atomic mass is 16.2. The number of piperidine rings is 1. The Kier molecular flexibility index (Phi) is 6.59. The van der Waals surface area contributed by atoms with Crippen molar-refractivity contribution in [1.82, 2.24) is 10.2 Å². The van der Waals surface area contributed by atoms with E-state index in [2.05, 4.69) is 24.4 Å². The van der Waals surface area contributed by atoms with Gasteiger partial charge in [0.1, 0.15) is 0 Å². The smallest absolute Gasteiger partial charge is 0.224 e. The van der Waals surface area contributed by atoms with Crippen LogP contribution in [-0.4, -0.2) is 42.9 Å². The third-order valence-electron chi connectivity index (χ3n) is 4.46. The number of nitrogens with two attached hydrogens (primary N) is 1. The molecule has 5 nitrogen and oxygen atoms in total. The summed E-state index contributed by atoms with van der Waals surface area (Å²) in [7, 11) is 0. The molecular weight excluding hydrogens is 290 g/mol. The fraction of sp³-hybridized carbons (Fsp3) is 0.556. The van der Waals surface area contributed by atoms with E-state index in [1.165, 1.54) is 11.1 Å². The van der Waals surface area contributed by atoms with Crippen molar-refractivity contribution in [3.8, 4) is 0 Å². The number of carbonyl (C=O) groups is 2. The van der Waals surface area contributed by atoms with Crippen LogP contribution in [0, 0.1) is 12.8 Å². The van der Waals surface area contributed by atoms with E-state index in [1.807, 2.05) is 17.0 Å². The molecule has 0 radical (unpaired) electrons. The van der Waals surface area contributed by atoms with Crippen LogP contribution in [0.15, 0.2) is 24.3 Å². The minimum atomic E-state index is -0.0993. The third-order valence-corrected chi connectivity index (χ3v) is 4.46. The van der Waals surface area contributed by atoms with Crippen molar-refractivity contribution < 1.29 is 9.59 Å². The van der Waals surface area contributed by atoms with Crippen molar-refractivity contribution in [3.63, 3.8) is 0 Å². The maximum absolute atomic E-state index is 12.4. The Bertz CT molecular complexity index is 545. The highest BCUT2D eigenvalue weighted by Gasteiger charge is 2.27. The molecule has 1 unspecified atom stereocenters. The molecule has 1 aliphatic heterocycles. The lowest BCUT2D eigenvalue weighted by Gasteiger charge is -2.32. The van der Waals surface area contributed by atoms with Gasteiger partial charge in [-0.05, 0) is 37.3 Å². The van der Waals surface area contributed by atoms with Crippen LogP contribution in [0.4, 0.5) is 0 Å². The first-order chi connectivity index (χ1) is 11.1. The van der Waals surface area contributed by atoms with Gasteiger partial charge in [-0.25, -0.2) is 0 Å². The van der Waals surface area contributed by atoms with E-state index in [4.69, 9.17) is 5.73 Å². The normalized spacial score (nSPS) is 17.8. The number of carbonyl (C=O) groups excluding carboxylic acids is 2. The van der Waals surface area contributed by atoms with Crippen LogP contribution >= 0.6 is 0 Å². The molecule has 0 bridgehead atoms. The maximum atomic E-state index is 12.4. The third kappa shape index (κ3) is 5.06. The van der Waals surface area contributed by atoms with Crippen molar-refractivity contribution >= 4 is 11.8 Å². The molecule has 2 rings (SSSR count). The first-order valence-electron chi connectivity index (χ1n) is 8.42. The standard InChI is InChI=1S/C18H27N3O2/c1-14-5-2-3-6-15(14)8-9-17(22)21-12-4-7-16(13-21)18(23)20-11-10-19/h2-3,5-6,16H,4,7-13,19H2,1H3,(H,20,23). The van der Waals surface area contributed by atoms with E-state index in [-0.39, 0.29) is 17.7 Å². The molecule has 0 aliphatic carbocycles. The molecule has 0 saturated carbocycles. The summed E-state index contributed by atoms with van der Waals surface area (Å²) in [5.74, 6) is 0.0640. The Labute approximate surface area is 138 Å². The molecule has 2 amide bonds. The lowest BCUT2D eigenvalue weighted by molar-refractivity contribution is -0.135. The summed E-state index contributed by atoms with van der Waals surface area (Å²) in [4.78, 5) is 26.3. The van der Waals surface area contributed by atoms with Gasteiger partial charge < -0.3 is 16.0 Å². The summed E-state index contributed by atoms with van der Waals surface area (Å²) >= 11 is 0. The van der Waals surface area contributed by atoms with Crippen LogP contribution < -0.4 is 11.1 Å². The second kappa shape index (κ2) is 8.67. The van der Waals surface area contributed by atoms with Gasteiger partial charge in [-0.1, -0.05) is 24.3 Å². The summed E-state index contributed by atoms with van der Waals surface area (Å²) in [5.41, 5.74) is 7.85. The lowest BCUT2D eigenvalue weighted by atomic mass is 9.96. The molecule has 126 valence electrons. The predicted octanol–water partition coefficient (Wildman–Crippen LogP) is 1.24. The molecule has 1 aromatic rings. The average Bonchev–Trinajstić information content (AvgIpc) is 2.58. The average molecular weight is 317 g/mol. The van der Waals surface area contributed by atoms with Crippen LogP contribution in [0.1, 0.15) is 30.4 Å². The molecule has 1 saturated heterocycles. The molecule has 1 aromatic carbocycles. The number of amides is 2. The van der Waals surface area contributed by atoms with Crippen LogP contribution in [-0.2, 0) is 16.0 Å². The van der Waals surface area contributed by atoms with Crippen molar-refractivity contribution in [2.24, 2.45) is 11.7 Å². The fourth-order valence-electron chi connectivity index (χ4n) is 3.05. The van der Waals surface area contributed by atoms with Gasteiger partial charge in [0.2, 0.25) is 11.8 Å². The van der Waals surface area contributed by atoms with Gasteiger partial charge in [-0.15, -0.1) is 0 Å². The molecule has 23 heavy (non-hydrogen) atoms. The Hall–Kier alpha value is -1.88. The SMILES string of the molecule is Cc1ccccc1CCC(=O)N1CCCC(C(=O)NCCN)C1. The number of likely N-dealkylation sites (tertiary alicyclic amines) is 1. The summed E-state index contributed by atoms with van der Waals surface area (Å²) in [6.45, 7) is 4.29. The van der Waals surface area contributed by atoms with Crippen LogP contribution in [0.5, 0.6) is 0 Å². The zero-order valence-electron chi connectivity index (χ0n) is 13.9. The van der Waals surface area contributed by atoms with E-state index in [9.17, 15) is 9.59 Å². The summed E-state index contributed by atoms with van der Waals surface area (Å²) in [6.07, 6.45) is 2.99. The van der Waals surface area contributed by atoms with E-state index < -0.39 is 0 Å². The van der Waals surface area contributed by atoms with Crippen molar-refractivity contribution in [2.45, 2.75) is 32.6 Å². The van der Waals surface area contributed by atoms with Gasteiger partial charge >= 0.3 is 0 Å². The Morgan fingerprint density at radius 2 is 2.13 bits per heavy atom. The van der Waals surface area contributed by atoms with Crippen molar-refractivity contribution in [3.05, 3.63) is 35.4 Å². The topological polar surface area (TPSA) is 75.4 Å². The molecule has 0 aromatic heterocycles. The predicted molar refractivity (Wildman–Crippen MR) is 90.9 cm³/mol. The number of benzene rings is 1. The molecular formula is C18H27N3O2. The highest BCUT2D eigenvalue weighted by Crippen LogP contribution is 2.18. The molecule has 0 spiro atoms. The Morgan fingerprint density at radius 3 is 2.87 bits per heavy atom. The van der Waals surface area contributed by atoms with Crippen LogP contribution in [0.25, 0.3) is 0 Å². The molecule has 1 atom stereocenters. The number of nitrogens with zero attached hydrogens (tertiary/aromatic N) is 1. The van der Waals surface area contributed by atoms with Crippen LogP contribution in [0.3, 0.4) is 0 Å². The van der Waals surface area contributed by atoms with Crippen LogP contribution in [0.2, 0.25) is 0 Å². The van der Waals surface area contributed by atoms with Gasteiger partial charge in [0.05, 0.1) is 5.92 Å². The molecule has 3 N–H and O–H groups in total. The van der Waals surface area contributed by atoms with E-state index >= 15 is 0 Å². The quantitative estimate of drug-likeness (QED) is 0.829. The fourth-order valence-corrected chi connectivity index (χ4v) is 3.05. The van der Waals surface area contributed by atoms with E-state index in [0.29, 0.717) is 26.1 Å². The van der Waals surface area contributed by atoms with Crippen molar-refractivity contribution in [2.75, 3.05) is 26.2 Å². The number of hydrogen-bond donors (Lipinski definition) is 2. The zero-order valence-corrected chi connectivity index (χ0v) is 13.9. The number of hydrogen-bond acceptors (Lipinski definition) is 3.